The first-order valence-electron chi connectivity index (χ1n) is 6.86. The Morgan fingerprint density at radius 2 is 1.42 bits per heavy atom. The number of rotatable bonds is 0. The minimum absolute atomic E-state index is 1.08. The summed E-state index contributed by atoms with van der Waals surface area (Å²) < 4.78 is 0. The van der Waals surface area contributed by atoms with Gasteiger partial charge in [-0.1, -0.05) is 48.5 Å². The molecule has 0 radical (unpaired) electrons. The van der Waals surface area contributed by atoms with Crippen molar-refractivity contribution in [1.82, 2.24) is 0 Å². The van der Waals surface area contributed by atoms with Crippen molar-refractivity contribution in [2.24, 2.45) is 0 Å². The van der Waals surface area contributed by atoms with E-state index in [0.717, 1.165) is 6.42 Å². The van der Waals surface area contributed by atoms with Crippen molar-refractivity contribution in [3.8, 4) is 11.1 Å². The first-order valence-corrected chi connectivity index (χ1v) is 6.86. The highest BCUT2D eigenvalue weighted by molar-refractivity contribution is 5.99. The van der Waals surface area contributed by atoms with Gasteiger partial charge in [-0.25, -0.2) is 0 Å². The summed E-state index contributed by atoms with van der Waals surface area (Å²) in [6, 6.07) is 17.6. The molecule has 4 rings (SSSR count). The van der Waals surface area contributed by atoms with E-state index < -0.39 is 0 Å². The van der Waals surface area contributed by atoms with E-state index in [1.807, 2.05) is 0 Å². The first kappa shape index (κ1) is 10.8. The van der Waals surface area contributed by atoms with Crippen LogP contribution in [0.1, 0.15) is 22.3 Å². The molecule has 0 saturated carbocycles. The summed E-state index contributed by atoms with van der Waals surface area (Å²) in [4.78, 5) is 0. The fraction of sp³-hybridized carbons (Fsp3) is 0.158. The molecule has 92 valence electrons. The van der Waals surface area contributed by atoms with Gasteiger partial charge in [0.15, 0.2) is 0 Å². The van der Waals surface area contributed by atoms with Gasteiger partial charge < -0.3 is 0 Å². The second kappa shape index (κ2) is 3.71. The molecule has 0 heterocycles. The molecular weight excluding hydrogens is 228 g/mol. The van der Waals surface area contributed by atoms with Crippen LogP contribution in [0.2, 0.25) is 0 Å². The van der Waals surface area contributed by atoms with Gasteiger partial charge in [0.2, 0.25) is 0 Å². The van der Waals surface area contributed by atoms with Gasteiger partial charge >= 0.3 is 0 Å². The summed E-state index contributed by atoms with van der Waals surface area (Å²) in [6.07, 6.45) is 1.08. The molecule has 0 nitrogen and oxygen atoms in total. The van der Waals surface area contributed by atoms with E-state index in [1.54, 1.807) is 0 Å². The Kier molecular flexibility index (Phi) is 2.11. The highest BCUT2D eigenvalue weighted by Crippen LogP contribution is 2.44. The van der Waals surface area contributed by atoms with Crippen LogP contribution in [0.15, 0.2) is 48.5 Å². The van der Waals surface area contributed by atoms with Gasteiger partial charge in [-0.3, -0.25) is 0 Å². The van der Waals surface area contributed by atoms with Crippen LogP contribution in [-0.2, 0) is 6.42 Å². The molecule has 3 aromatic rings. The highest BCUT2D eigenvalue weighted by atomic mass is 14.3. The zero-order chi connectivity index (χ0) is 13.0. The Labute approximate surface area is 113 Å². The molecule has 3 aromatic carbocycles. The third-order valence-electron chi connectivity index (χ3n) is 4.55. The van der Waals surface area contributed by atoms with Crippen molar-refractivity contribution in [2.75, 3.05) is 0 Å². The van der Waals surface area contributed by atoms with Crippen LogP contribution in [-0.4, -0.2) is 0 Å². The van der Waals surface area contributed by atoms with Gasteiger partial charge in [0, 0.05) is 0 Å². The maximum absolute atomic E-state index is 2.27. The normalized spacial score (nSPS) is 12.5. The van der Waals surface area contributed by atoms with E-state index in [4.69, 9.17) is 0 Å². The smallest absolute Gasteiger partial charge is 0.000718 e. The van der Waals surface area contributed by atoms with Crippen molar-refractivity contribution in [2.45, 2.75) is 20.3 Å². The quantitative estimate of drug-likeness (QED) is 0.407. The molecule has 19 heavy (non-hydrogen) atoms. The van der Waals surface area contributed by atoms with E-state index in [1.165, 1.54) is 44.2 Å². The summed E-state index contributed by atoms with van der Waals surface area (Å²) in [5.74, 6) is 0. The Balaban J connectivity index is 2.20. The number of benzene rings is 3. The molecule has 0 fully saturated rings. The Morgan fingerprint density at radius 3 is 2.26 bits per heavy atom. The standard InChI is InChI=1S/C19H16/c1-12-13(2)19-16-9-4-3-7-14(16)11-18(19)17-10-6-5-8-15(12)17/h3-10H,11H2,1-2H3. The zero-order valence-corrected chi connectivity index (χ0v) is 11.3. The fourth-order valence-corrected chi connectivity index (χ4v) is 3.48. The Morgan fingerprint density at radius 1 is 0.737 bits per heavy atom. The lowest BCUT2D eigenvalue weighted by atomic mass is 9.90. The lowest BCUT2D eigenvalue weighted by Gasteiger charge is -2.14. The van der Waals surface area contributed by atoms with Crippen molar-refractivity contribution in [3.63, 3.8) is 0 Å². The summed E-state index contributed by atoms with van der Waals surface area (Å²) >= 11 is 0. The maximum atomic E-state index is 2.27. The topological polar surface area (TPSA) is 0 Å². The minimum Gasteiger partial charge on any atom is -0.0619 e. The van der Waals surface area contributed by atoms with E-state index in [-0.39, 0.29) is 0 Å². The molecule has 0 atom stereocenters. The van der Waals surface area contributed by atoms with Gasteiger partial charge in [-0.2, -0.15) is 0 Å². The predicted octanol–water partition coefficient (Wildman–Crippen LogP) is 5.03. The van der Waals surface area contributed by atoms with Gasteiger partial charge in [0.1, 0.15) is 0 Å². The molecule has 0 spiro atoms. The van der Waals surface area contributed by atoms with Crippen molar-refractivity contribution in [1.29, 1.82) is 0 Å². The number of hydrogen-bond donors (Lipinski definition) is 0. The van der Waals surface area contributed by atoms with Crippen LogP contribution in [0.4, 0.5) is 0 Å². The third kappa shape index (κ3) is 1.34. The predicted molar refractivity (Wildman–Crippen MR) is 81.7 cm³/mol. The number of hydrogen-bond acceptors (Lipinski definition) is 0. The average Bonchev–Trinajstić information content (AvgIpc) is 2.84. The SMILES string of the molecule is Cc1c2c(c3ccccc3c1C)Cc1ccccc1-2. The molecule has 0 heteroatoms. The first-order chi connectivity index (χ1) is 9.27. The van der Waals surface area contributed by atoms with Crippen LogP contribution in [0.25, 0.3) is 21.9 Å². The fourth-order valence-electron chi connectivity index (χ4n) is 3.48. The van der Waals surface area contributed by atoms with E-state index in [9.17, 15) is 0 Å². The van der Waals surface area contributed by atoms with Gasteiger partial charge in [-0.05, 0) is 64.4 Å². The summed E-state index contributed by atoms with van der Waals surface area (Å²) in [6.45, 7) is 4.52. The molecule has 0 aliphatic heterocycles. The monoisotopic (exact) mass is 244 g/mol. The number of aryl methyl sites for hydroxylation is 1. The van der Waals surface area contributed by atoms with Gasteiger partial charge in [0.05, 0.1) is 0 Å². The third-order valence-corrected chi connectivity index (χ3v) is 4.55. The lowest BCUT2D eigenvalue weighted by Crippen LogP contribution is -1.92. The molecule has 1 aliphatic carbocycles. The van der Waals surface area contributed by atoms with Crippen molar-refractivity contribution >= 4 is 10.8 Å². The van der Waals surface area contributed by atoms with E-state index in [2.05, 4.69) is 62.4 Å². The van der Waals surface area contributed by atoms with E-state index in [0.29, 0.717) is 0 Å². The molecule has 0 bridgehead atoms. The Bertz CT molecular complexity index is 810. The largest absolute Gasteiger partial charge is 0.0619 e. The Hall–Kier alpha value is -2.08. The van der Waals surface area contributed by atoms with Gasteiger partial charge in [-0.15, -0.1) is 0 Å². The minimum atomic E-state index is 1.08. The van der Waals surface area contributed by atoms with Gasteiger partial charge in [0.25, 0.3) is 0 Å². The lowest BCUT2D eigenvalue weighted by molar-refractivity contribution is 1.27. The molecule has 0 aromatic heterocycles. The maximum Gasteiger partial charge on any atom is -0.000718 e. The molecule has 1 aliphatic rings. The molecule has 0 N–H and O–H groups in total. The molecular formula is C19H16. The van der Waals surface area contributed by atoms with E-state index >= 15 is 0 Å². The second-order valence-electron chi connectivity index (χ2n) is 5.48. The highest BCUT2D eigenvalue weighted by Gasteiger charge is 2.23. The summed E-state index contributed by atoms with van der Waals surface area (Å²) in [7, 11) is 0. The van der Waals surface area contributed by atoms with Crippen LogP contribution in [0.3, 0.4) is 0 Å². The number of fused-ring (bicyclic) bond motifs is 5. The van der Waals surface area contributed by atoms with Crippen molar-refractivity contribution < 1.29 is 0 Å². The van der Waals surface area contributed by atoms with Crippen LogP contribution < -0.4 is 0 Å². The molecule has 0 saturated heterocycles. The second-order valence-corrected chi connectivity index (χ2v) is 5.48. The summed E-state index contributed by atoms with van der Waals surface area (Å²) in [5.41, 5.74) is 8.76. The van der Waals surface area contributed by atoms with Crippen LogP contribution >= 0.6 is 0 Å². The van der Waals surface area contributed by atoms with Crippen LogP contribution in [0, 0.1) is 13.8 Å². The summed E-state index contributed by atoms with van der Waals surface area (Å²) in [5, 5.41) is 2.84. The zero-order valence-electron chi connectivity index (χ0n) is 11.3. The van der Waals surface area contributed by atoms with Crippen LogP contribution in [0.5, 0.6) is 0 Å². The average molecular weight is 244 g/mol. The molecule has 0 unspecified atom stereocenters. The van der Waals surface area contributed by atoms with Crippen molar-refractivity contribution in [3.05, 3.63) is 70.8 Å². The molecule has 0 amide bonds.